The van der Waals surface area contributed by atoms with Crippen LogP contribution in [0.15, 0.2) is 91.0 Å². The minimum absolute atomic E-state index is 0.0273. The summed E-state index contributed by atoms with van der Waals surface area (Å²) in [5.41, 5.74) is 3.37. The molecule has 0 bridgehead atoms. The highest BCUT2D eigenvalue weighted by molar-refractivity contribution is 5.16. The Hall–Kier alpha value is -2.54. The third kappa shape index (κ3) is 8.97. The van der Waals surface area contributed by atoms with Crippen molar-refractivity contribution >= 4 is 0 Å². The average Bonchev–Trinajstić information content (AvgIpc) is 3.04. The molecule has 0 spiro atoms. The Labute approximate surface area is 246 Å². The van der Waals surface area contributed by atoms with Crippen molar-refractivity contribution in [1.29, 1.82) is 0 Å². The molecule has 1 aliphatic heterocycles. The zero-order valence-electron chi connectivity index (χ0n) is 24.4. The van der Waals surface area contributed by atoms with Gasteiger partial charge in [-0.3, -0.25) is 4.90 Å². The zero-order valence-corrected chi connectivity index (χ0v) is 24.4. The van der Waals surface area contributed by atoms with Gasteiger partial charge >= 0.3 is 0 Å². The van der Waals surface area contributed by atoms with E-state index >= 15 is 0 Å². The summed E-state index contributed by atoms with van der Waals surface area (Å²) in [5.74, 6) is 0.846. The Kier molecular flexibility index (Phi) is 11.8. The molecule has 1 saturated heterocycles. The first-order valence-corrected chi connectivity index (χ1v) is 15.6. The van der Waals surface area contributed by atoms with Crippen molar-refractivity contribution in [2.24, 2.45) is 5.92 Å². The molecule has 2 fully saturated rings. The molecule has 2 aliphatic rings. The van der Waals surface area contributed by atoms with Crippen LogP contribution in [-0.2, 0) is 34.0 Å². The van der Waals surface area contributed by atoms with Crippen LogP contribution in [0.1, 0.15) is 61.6 Å². The van der Waals surface area contributed by atoms with Crippen LogP contribution < -0.4 is 0 Å². The molecule has 1 aliphatic carbocycles. The van der Waals surface area contributed by atoms with Crippen molar-refractivity contribution in [1.82, 2.24) is 4.90 Å². The van der Waals surface area contributed by atoms with Gasteiger partial charge in [-0.2, -0.15) is 0 Å². The monoisotopic (exact) mass is 557 g/mol. The van der Waals surface area contributed by atoms with Gasteiger partial charge in [0, 0.05) is 6.54 Å². The molecule has 4 atom stereocenters. The van der Waals surface area contributed by atoms with Crippen molar-refractivity contribution in [3.05, 3.63) is 108 Å². The molecule has 1 N–H and O–H groups in total. The highest BCUT2D eigenvalue weighted by Crippen LogP contribution is 2.31. The van der Waals surface area contributed by atoms with E-state index in [2.05, 4.69) is 41.3 Å². The first-order chi connectivity index (χ1) is 20.3. The van der Waals surface area contributed by atoms with Gasteiger partial charge in [0.2, 0.25) is 0 Å². The number of aliphatic hydroxyl groups excluding tert-OH is 1. The highest BCUT2D eigenvalue weighted by atomic mass is 16.6. The van der Waals surface area contributed by atoms with Gasteiger partial charge in [-0.15, -0.1) is 0 Å². The maximum atomic E-state index is 10.8. The Bertz CT molecular complexity index is 1110. The number of likely N-dealkylation sites (tertiary alicyclic amines) is 1. The second-order valence-corrected chi connectivity index (χ2v) is 11.7. The molecule has 1 heterocycles. The molecule has 3 aromatic rings. The largest absolute Gasteiger partial charge is 0.395 e. The normalized spacial score (nSPS) is 23.9. The molecule has 3 aromatic carbocycles. The van der Waals surface area contributed by atoms with E-state index in [0.29, 0.717) is 26.4 Å². The van der Waals surface area contributed by atoms with Crippen LogP contribution >= 0.6 is 0 Å². The van der Waals surface area contributed by atoms with E-state index in [-0.39, 0.29) is 31.0 Å². The molecular formula is C36H47NO4. The lowest BCUT2D eigenvalue weighted by Gasteiger charge is -2.48. The van der Waals surface area contributed by atoms with Crippen molar-refractivity contribution in [3.63, 3.8) is 0 Å². The Balaban J connectivity index is 1.34. The number of nitrogens with zero attached hydrogens (tertiary/aromatic N) is 1. The molecule has 5 rings (SSSR count). The molecule has 0 radical (unpaired) electrons. The van der Waals surface area contributed by atoms with E-state index in [1.807, 2.05) is 54.6 Å². The molecule has 0 amide bonds. The summed E-state index contributed by atoms with van der Waals surface area (Å²) in [4.78, 5) is 2.41. The van der Waals surface area contributed by atoms with E-state index in [1.165, 1.54) is 38.5 Å². The fourth-order valence-corrected chi connectivity index (χ4v) is 6.51. The average molecular weight is 558 g/mol. The lowest BCUT2D eigenvalue weighted by Crippen LogP contribution is -2.64. The summed E-state index contributed by atoms with van der Waals surface area (Å²) in [5, 5.41) is 10.8. The minimum atomic E-state index is -0.326. The standard InChI is InChI=1S/C36H47NO4/c38-25-33-35(40-27-31-18-9-3-10-19-31)36(41-28-32-20-11-4-12-21-32)34(39-26-30-16-7-2-8-17-30)24-37(33)23-13-22-29-14-5-1-6-15-29/h2-4,7-12,16-21,29,33-36,38H,1,5-6,13-15,22-28H2/t33-,34+,35-,36-/m1/s1. The van der Waals surface area contributed by atoms with Crippen molar-refractivity contribution < 1.29 is 19.3 Å². The SMILES string of the molecule is OC[C@@H]1[C@@H](OCc2ccccc2)[C@H](OCc2ccccc2)[C@@H](OCc2ccccc2)CN1CCCC1CCCCC1. The number of rotatable bonds is 14. The smallest absolute Gasteiger partial charge is 0.113 e. The van der Waals surface area contributed by atoms with Crippen LogP contribution in [0.4, 0.5) is 0 Å². The van der Waals surface area contributed by atoms with Gasteiger partial charge in [0.15, 0.2) is 0 Å². The lowest BCUT2D eigenvalue weighted by molar-refractivity contribution is -0.208. The third-order valence-electron chi connectivity index (χ3n) is 8.80. The Morgan fingerprint density at radius 2 is 1.15 bits per heavy atom. The second-order valence-electron chi connectivity index (χ2n) is 11.7. The quantitative estimate of drug-likeness (QED) is 0.237. The van der Waals surface area contributed by atoms with Crippen molar-refractivity contribution in [2.45, 2.75) is 89.1 Å². The van der Waals surface area contributed by atoms with Gasteiger partial charge in [0.25, 0.3) is 0 Å². The first kappa shape index (κ1) is 29.9. The Morgan fingerprint density at radius 1 is 0.634 bits per heavy atom. The summed E-state index contributed by atoms with van der Waals surface area (Å²) in [6.45, 7) is 3.13. The van der Waals surface area contributed by atoms with Crippen molar-refractivity contribution in [3.8, 4) is 0 Å². The number of aliphatic hydroxyl groups is 1. The maximum Gasteiger partial charge on any atom is 0.113 e. The summed E-state index contributed by atoms with van der Waals surface area (Å²) in [6, 6.07) is 30.7. The highest BCUT2D eigenvalue weighted by Gasteiger charge is 2.45. The van der Waals surface area contributed by atoms with E-state index in [1.54, 1.807) is 0 Å². The molecular weight excluding hydrogens is 510 g/mol. The fourth-order valence-electron chi connectivity index (χ4n) is 6.51. The number of benzene rings is 3. The third-order valence-corrected chi connectivity index (χ3v) is 8.80. The number of piperidine rings is 1. The van der Waals surface area contributed by atoms with Gasteiger partial charge in [0.1, 0.15) is 12.2 Å². The minimum Gasteiger partial charge on any atom is -0.395 e. The summed E-state index contributed by atoms with van der Waals surface area (Å²) in [7, 11) is 0. The van der Waals surface area contributed by atoms with Gasteiger partial charge in [-0.1, -0.05) is 123 Å². The number of hydrogen-bond acceptors (Lipinski definition) is 5. The van der Waals surface area contributed by atoms with Gasteiger partial charge in [0.05, 0.1) is 38.6 Å². The number of hydrogen-bond donors (Lipinski definition) is 1. The van der Waals surface area contributed by atoms with E-state index in [0.717, 1.165) is 35.6 Å². The van der Waals surface area contributed by atoms with Crippen LogP contribution in [0.2, 0.25) is 0 Å². The molecule has 5 heteroatoms. The van der Waals surface area contributed by atoms with Gasteiger partial charge in [-0.25, -0.2) is 0 Å². The van der Waals surface area contributed by atoms with Crippen LogP contribution in [-0.4, -0.2) is 54.1 Å². The number of ether oxygens (including phenoxy) is 3. The molecule has 220 valence electrons. The second kappa shape index (κ2) is 16.2. The molecule has 0 aromatic heterocycles. The van der Waals surface area contributed by atoms with E-state index in [4.69, 9.17) is 14.2 Å². The summed E-state index contributed by atoms with van der Waals surface area (Å²) in [6.07, 6.45) is 8.44. The maximum absolute atomic E-state index is 10.8. The fraction of sp³-hybridized carbons (Fsp3) is 0.500. The van der Waals surface area contributed by atoms with Crippen LogP contribution in [0.3, 0.4) is 0 Å². The molecule has 0 unspecified atom stereocenters. The van der Waals surface area contributed by atoms with Crippen molar-refractivity contribution in [2.75, 3.05) is 19.7 Å². The molecule has 5 nitrogen and oxygen atoms in total. The topological polar surface area (TPSA) is 51.2 Å². The Morgan fingerprint density at radius 3 is 1.68 bits per heavy atom. The predicted octanol–water partition coefficient (Wildman–Crippen LogP) is 6.78. The lowest BCUT2D eigenvalue weighted by atomic mass is 9.86. The van der Waals surface area contributed by atoms with Gasteiger partial charge < -0.3 is 19.3 Å². The van der Waals surface area contributed by atoms with Gasteiger partial charge in [-0.05, 0) is 42.0 Å². The molecule has 1 saturated carbocycles. The zero-order chi connectivity index (χ0) is 28.1. The summed E-state index contributed by atoms with van der Waals surface area (Å²) >= 11 is 0. The van der Waals surface area contributed by atoms with Crippen LogP contribution in [0.5, 0.6) is 0 Å². The molecule has 41 heavy (non-hydrogen) atoms. The van der Waals surface area contributed by atoms with Crippen LogP contribution in [0, 0.1) is 5.92 Å². The van der Waals surface area contributed by atoms with E-state index < -0.39 is 0 Å². The predicted molar refractivity (Wildman–Crippen MR) is 163 cm³/mol. The summed E-state index contributed by atoms with van der Waals surface area (Å²) < 4.78 is 20.0. The van der Waals surface area contributed by atoms with E-state index in [9.17, 15) is 5.11 Å². The first-order valence-electron chi connectivity index (χ1n) is 15.6. The van der Waals surface area contributed by atoms with Crippen LogP contribution in [0.25, 0.3) is 0 Å².